The Bertz CT molecular complexity index is 687. The number of benzene rings is 1. The van der Waals surface area contributed by atoms with Crippen molar-refractivity contribution in [2.45, 2.75) is 24.3 Å². The molecule has 0 bridgehead atoms. The molecule has 2 heterocycles. The highest BCUT2D eigenvalue weighted by molar-refractivity contribution is 8.00. The first-order valence-corrected chi connectivity index (χ1v) is 9.47. The summed E-state index contributed by atoms with van der Waals surface area (Å²) >= 11 is 7.38. The van der Waals surface area contributed by atoms with Gasteiger partial charge in [-0.3, -0.25) is 4.79 Å². The van der Waals surface area contributed by atoms with Crippen molar-refractivity contribution in [1.82, 2.24) is 4.98 Å². The SMILES string of the molecule is O=C(CSc1ncccc1Cl)Nc1ccc(N2CCCCC2)cc1. The quantitative estimate of drug-likeness (QED) is 0.799. The van der Waals surface area contributed by atoms with Crippen molar-refractivity contribution in [3.8, 4) is 0 Å². The number of carbonyl (C=O) groups is 1. The van der Waals surface area contributed by atoms with Crippen LogP contribution >= 0.6 is 23.4 Å². The molecule has 0 saturated carbocycles. The number of thioether (sulfide) groups is 1. The first-order valence-electron chi connectivity index (χ1n) is 8.10. The number of nitrogens with zero attached hydrogens (tertiary/aromatic N) is 2. The van der Waals surface area contributed by atoms with Crippen LogP contribution in [0.4, 0.5) is 11.4 Å². The summed E-state index contributed by atoms with van der Waals surface area (Å²) in [6, 6.07) is 11.6. The molecule has 1 aromatic heterocycles. The van der Waals surface area contributed by atoms with Gasteiger partial charge in [0.1, 0.15) is 5.03 Å². The number of hydrogen-bond acceptors (Lipinski definition) is 4. The fourth-order valence-corrected chi connectivity index (χ4v) is 3.68. The van der Waals surface area contributed by atoms with E-state index in [-0.39, 0.29) is 11.7 Å². The van der Waals surface area contributed by atoms with Crippen molar-refractivity contribution < 1.29 is 4.79 Å². The normalized spacial score (nSPS) is 14.5. The van der Waals surface area contributed by atoms with Gasteiger partial charge >= 0.3 is 0 Å². The lowest BCUT2D eigenvalue weighted by Crippen LogP contribution is -2.29. The number of aromatic nitrogens is 1. The van der Waals surface area contributed by atoms with Crippen LogP contribution in [0.15, 0.2) is 47.6 Å². The molecular weight excluding hydrogens is 342 g/mol. The second kappa shape index (κ2) is 8.40. The molecule has 1 aromatic carbocycles. The zero-order chi connectivity index (χ0) is 16.8. The van der Waals surface area contributed by atoms with Crippen LogP contribution in [0.25, 0.3) is 0 Å². The highest BCUT2D eigenvalue weighted by atomic mass is 35.5. The Kier molecular flexibility index (Phi) is 5.99. The van der Waals surface area contributed by atoms with Crippen LogP contribution in [0, 0.1) is 0 Å². The van der Waals surface area contributed by atoms with Crippen LogP contribution < -0.4 is 10.2 Å². The number of halogens is 1. The van der Waals surface area contributed by atoms with Crippen molar-refractivity contribution in [3.63, 3.8) is 0 Å². The topological polar surface area (TPSA) is 45.2 Å². The van der Waals surface area contributed by atoms with Crippen LogP contribution in [-0.4, -0.2) is 29.7 Å². The van der Waals surface area contributed by atoms with Gasteiger partial charge in [0, 0.05) is 30.7 Å². The molecule has 2 aromatic rings. The van der Waals surface area contributed by atoms with Crippen molar-refractivity contribution >= 4 is 40.6 Å². The van der Waals surface area contributed by atoms with E-state index in [0.29, 0.717) is 10.0 Å². The molecule has 1 amide bonds. The van der Waals surface area contributed by atoms with Gasteiger partial charge in [-0.05, 0) is 55.7 Å². The molecule has 1 aliphatic rings. The summed E-state index contributed by atoms with van der Waals surface area (Å²) < 4.78 is 0. The third-order valence-corrected chi connectivity index (χ3v) is 5.36. The highest BCUT2D eigenvalue weighted by Gasteiger charge is 2.11. The van der Waals surface area contributed by atoms with Crippen molar-refractivity contribution in [2.24, 2.45) is 0 Å². The van der Waals surface area contributed by atoms with E-state index < -0.39 is 0 Å². The Balaban J connectivity index is 1.52. The predicted molar refractivity (Wildman–Crippen MR) is 101 cm³/mol. The number of pyridine rings is 1. The molecule has 0 radical (unpaired) electrons. The molecule has 4 nitrogen and oxygen atoms in total. The largest absolute Gasteiger partial charge is 0.372 e. The zero-order valence-corrected chi connectivity index (χ0v) is 14.9. The molecule has 1 N–H and O–H groups in total. The maximum Gasteiger partial charge on any atom is 0.234 e. The third-order valence-electron chi connectivity index (χ3n) is 3.94. The van der Waals surface area contributed by atoms with E-state index in [2.05, 4.69) is 27.3 Å². The average molecular weight is 362 g/mol. The Labute approximate surface area is 151 Å². The summed E-state index contributed by atoms with van der Waals surface area (Å²) in [5.74, 6) is 0.220. The van der Waals surface area contributed by atoms with E-state index >= 15 is 0 Å². The van der Waals surface area contributed by atoms with Crippen LogP contribution in [0.2, 0.25) is 5.02 Å². The number of rotatable bonds is 5. The minimum Gasteiger partial charge on any atom is -0.372 e. The molecule has 0 aliphatic carbocycles. The van der Waals surface area contributed by atoms with E-state index in [9.17, 15) is 4.79 Å². The molecule has 126 valence electrons. The number of amides is 1. The minimum atomic E-state index is -0.0626. The smallest absolute Gasteiger partial charge is 0.234 e. The van der Waals surface area contributed by atoms with Gasteiger partial charge in [-0.2, -0.15) is 0 Å². The molecule has 1 aliphatic heterocycles. The third kappa shape index (κ3) is 4.65. The summed E-state index contributed by atoms with van der Waals surface area (Å²) in [6.07, 6.45) is 5.51. The summed E-state index contributed by atoms with van der Waals surface area (Å²) in [5, 5.41) is 4.16. The van der Waals surface area contributed by atoms with E-state index in [0.717, 1.165) is 18.8 Å². The number of hydrogen-bond donors (Lipinski definition) is 1. The van der Waals surface area contributed by atoms with Gasteiger partial charge in [0.15, 0.2) is 0 Å². The van der Waals surface area contributed by atoms with E-state index in [1.165, 1.54) is 36.7 Å². The van der Waals surface area contributed by atoms with E-state index in [1.807, 2.05) is 12.1 Å². The summed E-state index contributed by atoms with van der Waals surface area (Å²) in [6.45, 7) is 2.24. The second-order valence-electron chi connectivity index (χ2n) is 5.72. The van der Waals surface area contributed by atoms with Crippen LogP contribution in [-0.2, 0) is 4.79 Å². The van der Waals surface area contributed by atoms with Gasteiger partial charge in [0.25, 0.3) is 0 Å². The summed E-state index contributed by atoms with van der Waals surface area (Å²) in [7, 11) is 0. The second-order valence-corrected chi connectivity index (χ2v) is 7.09. The average Bonchev–Trinajstić information content (AvgIpc) is 2.62. The van der Waals surface area contributed by atoms with Gasteiger partial charge in [0.05, 0.1) is 10.8 Å². The Morgan fingerprint density at radius 3 is 2.62 bits per heavy atom. The van der Waals surface area contributed by atoms with Gasteiger partial charge in [-0.1, -0.05) is 23.4 Å². The van der Waals surface area contributed by atoms with E-state index in [4.69, 9.17) is 11.6 Å². The Hall–Kier alpha value is -1.72. The van der Waals surface area contributed by atoms with Gasteiger partial charge in [-0.25, -0.2) is 4.98 Å². The fourth-order valence-electron chi connectivity index (χ4n) is 2.72. The molecule has 0 spiro atoms. The first-order chi connectivity index (χ1) is 11.7. The lowest BCUT2D eigenvalue weighted by atomic mass is 10.1. The number of carbonyl (C=O) groups excluding carboxylic acids is 1. The molecule has 1 saturated heterocycles. The molecule has 24 heavy (non-hydrogen) atoms. The standard InChI is InChI=1S/C18H20ClN3OS/c19-16-5-4-10-20-18(16)24-13-17(23)21-14-6-8-15(9-7-14)22-11-2-1-3-12-22/h4-10H,1-3,11-13H2,(H,21,23). The lowest BCUT2D eigenvalue weighted by molar-refractivity contribution is -0.113. The van der Waals surface area contributed by atoms with Crippen LogP contribution in [0.1, 0.15) is 19.3 Å². The lowest BCUT2D eigenvalue weighted by Gasteiger charge is -2.28. The number of anilines is 2. The molecule has 1 fully saturated rings. The monoisotopic (exact) mass is 361 g/mol. The van der Waals surface area contributed by atoms with Gasteiger partial charge < -0.3 is 10.2 Å². The maximum absolute atomic E-state index is 12.1. The molecule has 3 rings (SSSR count). The Morgan fingerprint density at radius 2 is 1.92 bits per heavy atom. The van der Waals surface area contributed by atoms with Crippen LogP contribution in [0.3, 0.4) is 0 Å². The number of piperidine rings is 1. The van der Waals surface area contributed by atoms with Gasteiger partial charge in [-0.15, -0.1) is 0 Å². The number of nitrogens with one attached hydrogen (secondary N) is 1. The minimum absolute atomic E-state index is 0.0626. The fraction of sp³-hybridized carbons (Fsp3) is 0.333. The van der Waals surface area contributed by atoms with Crippen LogP contribution in [0.5, 0.6) is 0 Å². The molecule has 0 atom stereocenters. The summed E-state index contributed by atoms with van der Waals surface area (Å²) in [5.41, 5.74) is 2.04. The molecule has 0 unspecified atom stereocenters. The summed E-state index contributed by atoms with van der Waals surface area (Å²) in [4.78, 5) is 18.6. The van der Waals surface area contributed by atoms with Crippen molar-refractivity contribution in [1.29, 1.82) is 0 Å². The zero-order valence-electron chi connectivity index (χ0n) is 13.4. The van der Waals surface area contributed by atoms with Gasteiger partial charge in [0.2, 0.25) is 5.91 Å². The first kappa shape index (κ1) is 17.1. The predicted octanol–water partition coefficient (Wildman–Crippen LogP) is 4.46. The Morgan fingerprint density at radius 1 is 1.17 bits per heavy atom. The van der Waals surface area contributed by atoms with E-state index in [1.54, 1.807) is 18.3 Å². The highest BCUT2D eigenvalue weighted by Crippen LogP contribution is 2.25. The molecular formula is C18H20ClN3OS. The van der Waals surface area contributed by atoms with Crippen molar-refractivity contribution in [3.05, 3.63) is 47.6 Å². The maximum atomic E-state index is 12.1. The molecule has 6 heteroatoms. The van der Waals surface area contributed by atoms with Crippen molar-refractivity contribution in [2.75, 3.05) is 29.1 Å².